The fourth-order valence-electron chi connectivity index (χ4n) is 1.71. The smallest absolute Gasteiger partial charge is 0.257 e. The molecule has 0 aliphatic heterocycles. The molecule has 0 atom stereocenters. The highest BCUT2D eigenvalue weighted by molar-refractivity contribution is 7.79. The highest BCUT2D eigenvalue weighted by Crippen LogP contribution is 2.26. The van der Waals surface area contributed by atoms with Crippen LogP contribution in [0, 0.1) is 0 Å². The van der Waals surface area contributed by atoms with Crippen LogP contribution in [0.1, 0.15) is 24.6 Å². The topological polar surface area (TPSA) is 31.4 Å². The molecule has 2 rings (SSSR count). The molecule has 1 aromatic heterocycles. The average Bonchev–Trinajstić information content (AvgIpc) is 2.52. The van der Waals surface area contributed by atoms with E-state index in [1.807, 2.05) is 42.5 Å². The van der Waals surface area contributed by atoms with Gasteiger partial charge in [-0.05, 0) is 24.1 Å². The molecule has 4 heteroatoms. The Hall–Kier alpha value is -1.68. The maximum atomic E-state index is 5.79. The van der Waals surface area contributed by atoms with Crippen LogP contribution in [0.2, 0.25) is 0 Å². The van der Waals surface area contributed by atoms with E-state index in [1.165, 1.54) is 0 Å². The van der Waals surface area contributed by atoms with E-state index < -0.39 is 0 Å². The van der Waals surface area contributed by atoms with Gasteiger partial charge in [-0.3, -0.25) is 0 Å². The number of benzene rings is 1. The largest absolute Gasteiger partial charge is 0.488 e. The van der Waals surface area contributed by atoms with Crippen LogP contribution in [-0.2, 0) is 12.4 Å². The normalized spacial score (nSPS) is 10.3. The number of ether oxygens (including phenoxy) is 2. The van der Waals surface area contributed by atoms with Gasteiger partial charge in [0, 0.05) is 5.75 Å². The number of hydrogen-bond acceptors (Lipinski definition) is 4. The minimum atomic E-state index is 0.479. The molecule has 0 amide bonds. The van der Waals surface area contributed by atoms with Crippen molar-refractivity contribution in [3.63, 3.8) is 0 Å². The molecule has 3 nitrogen and oxygen atoms in total. The van der Waals surface area contributed by atoms with Crippen molar-refractivity contribution < 1.29 is 9.47 Å². The SMILES string of the molecule is CCCOc1ccc(CS)nc1OCc1ccccc1. The van der Waals surface area contributed by atoms with E-state index in [2.05, 4.69) is 24.5 Å². The van der Waals surface area contributed by atoms with Gasteiger partial charge < -0.3 is 9.47 Å². The molecule has 0 bridgehead atoms. The zero-order valence-electron chi connectivity index (χ0n) is 11.6. The summed E-state index contributed by atoms with van der Waals surface area (Å²) in [5.41, 5.74) is 1.98. The number of aromatic nitrogens is 1. The first kappa shape index (κ1) is 14.7. The first-order valence-electron chi connectivity index (χ1n) is 6.73. The quantitative estimate of drug-likeness (QED) is 0.785. The molecule has 20 heavy (non-hydrogen) atoms. The zero-order valence-corrected chi connectivity index (χ0v) is 12.5. The van der Waals surface area contributed by atoms with Crippen molar-refractivity contribution in [2.75, 3.05) is 6.61 Å². The Bertz CT molecular complexity index is 531. The average molecular weight is 289 g/mol. The summed E-state index contributed by atoms with van der Waals surface area (Å²) in [6.07, 6.45) is 0.951. The van der Waals surface area contributed by atoms with Crippen LogP contribution in [0.4, 0.5) is 0 Å². The Morgan fingerprint density at radius 3 is 2.55 bits per heavy atom. The molecule has 0 N–H and O–H groups in total. The molecule has 0 saturated carbocycles. The fourth-order valence-corrected chi connectivity index (χ4v) is 1.88. The van der Waals surface area contributed by atoms with Crippen LogP contribution in [0.25, 0.3) is 0 Å². The fraction of sp³-hybridized carbons (Fsp3) is 0.312. The predicted molar refractivity (Wildman–Crippen MR) is 83.5 cm³/mol. The summed E-state index contributed by atoms with van der Waals surface area (Å²) < 4.78 is 11.5. The highest BCUT2D eigenvalue weighted by atomic mass is 32.1. The molecule has 1 aromatic carbocycles. The number of thiol groups is 1. The van der Waals surface area contributed by atoms with E-state index >= 15 is 0 Å². The number of nitrogens with zero attached hydrogens (tertiary/aromatic N) is 1. The zero-order chi connectivity index (χ0) is 14.2. The summed E-state index contributed by atoms with van der Waals surface area (Å²) in [6.45, 7) is 3.20. The molecule has 0 saturated heterocycles. The summed E-state index contributed by atoms with van der Waals surface area (Å²) in [6, 6.07) is 13.8. The third-order valence-electron chi connectivity index (χ3n) is 2.73. The molecular weight excluding hydrogens is 270 g/mol. The van der Waals surface area contributed by atoms with Crippen LogP contribution < -0.4 is 9.47 Å². The summed E-state index contributed by atoms with van der Waals surface area (Å²) >= 11 is 4.24. The number of hydrogen-bond donors (Lipinski definition) is 1. The minimum Gasteiger partial charge on any atom is -0.488 e. The lowest BCUT2D eigenvalue weighted by molar-refractivity contribution is 0.252. The monoisotopic (exact) mass is 289 g/mol. The summed E-state index contributed by atoms with van der Waals surface area (Å²) in [5.74, 6) is 1.80. The van der Waals surface area contributed by atoms with E-state index in [4.69, 9.17) is 9.47 Å². The maximum Gasteiger partial charge on any atom is 0.257 e. The third-order valence-corrected chi connectivity index (χ3v) is 3.05. The van der Waals surface area contributed by atoms with Crippen LogP contribution in [-0.4, -0.2) is 11.6 Å². The van der Waals surface area contributed by atoms with Gasteiger partial charge >= 0.3 is 0 Å². The van der Waals surface area contributed by atoms with Crippen LogP contribution in [0.15, 0.2) is 42.5 Å². The van der Waals surface area contributed by atoms with Crippen LogP contribution in [0.5, 0.6) is 11.6 Å². The predicted octanol–water partition coefficient (Wildman–Crippen LogP) is 3.88. The second-order valence-electron chi connectivity index (χ2n) is 4.39. The van der Waals surface area contributed by atoms with E-state index in [9.17, 15) is 0 Å². The van der Waals surface area contributed by atoms with E-state index in [0.29, 0.717) is 30.6 Å². The van der Waals surface area contributed by atoms with Crippen molar-refractivity contribution in [3.05, 3.63) is 53.7 Å². The lowest BCUT2D eigenvalue weighted by Gasteiger charge is -2.12. The summed E-state index contributed by atoms with van der Waals surface area (Å²) in [5, 5.41) is 0. The van der Waals surface area contributed by atoms with Gasteiger partial charge in [0.25, 0.3) is 5.88 Å². The van der Waals surface area contributed by atoms with Gasteiger partial charge in [-0.25, -0.2) is 4.98 Å². The van der Waals surface area contributed by atoms with Gasteiger partial charge in [-0.15, -0.1) is 0 Å². The molecule has 106 valence electrons. The highest BCUT2D eigenvalue weighted by Gasteiger charge is 2.08. The lowest BCUT2D eigenvalue weighted by atomic mass is 10.2. The van der Waals surface area contributed by atoms with Crippen LogP contribution >= 0.6 is 12.6 Å². The second-order valence-corrected chi connectivity index (χ2v) is 4.70. The van der Waals surface area contributed by atoms with Gasteiger partial charge in [0.2, 0.25) is 0 Å². The first-order chi connectivity index (χ1) is 9.83. The van der Waals surface area contributed by atoms with Gasteiger partial charge in [0.05, 0.1) is 12.3 Å². The standard InChI is InChI=1S/C16H19NO2S/c1-2-10-18-15-9-8-14(12-20)17-16(15)19-11-13-6-4-3-5-7-13/h3-9,20H,2,10-12H2,1H3. The van der Waals surface area contributed by atoms with Crippen molar-refractivity contribution in [3.8, 4) is 11.6 Å². The van der Waals surface area contributed by atoms with Gasteiger partial charge in [-0.2, -0.15) is 12.6 Å². The van der Waals surface area contributed by atoms with Gasteiger partial charge in [-0.1, -0.05) is 37.3 Å². The molecule has 0 aliphatic rings. The van der Waals surface area contributed by atoms with Crippen molar-refractivity contribution in [1.29, 1.82) is 0 Å². The molecule has 0 radical (unpaired) electrons. The van der Waals surface area contributed by atoms with Crippen molar-refractivity contribution in [1.82, 2.24) is 4.98 Å². The molecule has 0 fully saturated rings. The lowest BCUT2D eigenvalue weighted by Crippen LogP contribution is -2.03. The van der Waals surface area contributed by atoms with E-state index in [1.54, 1.807) is 0 Å². The summed E-state index contributed by atoms with van der Waals surface area (Å²) in [4.78, 5) is 4.44. The molecular formula is C16H19NO2S. The van der Waals surface area contributed by atoms with E-state index in [0.717, 1.165) is 17.7 Å². The Kier molecular flexibility index (Phi) is 5.74. The third kappa shape index (κ3) is 4.17. The van der Waals surface area contributed by atoms with Crippen molar-refractivity contribution in [2.24, 2.45) is 0 Å². The number of pyridine rings is 1. The Balaban J connectivity index is 2.10. The summed E-state index contributed by atoms with van der Waals surface area (Å²) in [7, 11) is 0. The van der Waals surface area contributed by atoms with Crippen LogP contribution in [0.3, 0.4) is 0 Å². The van der Waals surface area contributed by atoms with Gasteiger partial charge in [0.15, 0.2) is 5.75 Å². The van der Waals surface area contributed by atoms with Crippen molar-refractivity contribution >= 4 is 12.6 Å². The molecule has 0 unspecified atom stereocenters. The maximum absolute atomic E-state index is 5.79. The molecule has 1 heterocycles. The van der Waals surface area contributed by atoms with E-state index in [-0.39, 0.29) is 0 Å². The Morgan fingerprint density at radius 1 is 1.05 bits per heavy atom. The molecule has 0 spiro atoms. The Morgan fingerprint density at radius 2 is 1.85 bits per heavy atom. The minimum absolute atomic E-state index is 0.479. The first-order valence-corrected chi connectivity index (χ1v) is 7.37. The number of rotatable bonds is 7. The van der Waals surface area contributed by atoms with Gasteiger partial charge in [0.1, 0.15) is 6.61 Å². The Labute approximate surface area is 125 Å². The van der Waals surface area contributed by atoms with Crippen molar-refractivity contribution in [2.45, 2.75) is 25.7 Å². The second kappa shape index (κ2) is 7.80. The molecule has 2 aromatic rings. The molecule has 0 aliphatic carbocycles.